The van der Waals surface area contributed by atoms with Crippen LogP contribution >= 0.6 is 0 Å². The van der Waals surface area contributed by atoms with Crippen LogP contribution in [0.25, 0.3) is 11.1 Å². The van der Waals surface area contributed by atoms with E-state index in [1.54, 1.807) is 0 Å². The molecule has 1 fully saturated rings. The molecule has 0 N–H and O–H groups in total. The van der Waals surface area contributed by atoms with Gasteiger partial charge in [0.1, 0.15) is 0 Å². The Hall–Kier alpha value is -2.94. The summed E-state index contributed by atoms with van der Waals surface area (Å²) in [6.07, 6.45) is 6.20. The van der Waals surface area contributed by atoms with Crippen LogP contribution in [0.2, 0.25) is 0 Å². The topological polar surface area (TPSA) is 28.0 Å². The number of benzene rings is 3. The summed E-state index contributed by atoms with van der Waals surface area (Å²) in [5, 5.41) is 8.76. The van der Waals surface area contributed by atoms with Gasteiger partial charge in [-0.2, -0.15) is 10.2 Å². The molecule has 0 atom stereocenters. The minimum atomic E-state index is 0.873. The van der Waals surface area contributed by atoms with Gasteiger partial charge in [-0.1, -0.05) is 49.7 Å². The van der Waals surface area contributed by atoms with Crippen LogP contribution in [0.5, 0.6) is 0 Å². The zero-order valence-corrected chi connectivity index (χ0v) is 17.2. The first-order valence-electron chi connectivity index (χ1n) is 10.8. The average molecular weight is 384 g/mol. The molecule has 0 spiro atoms. The van der Waals surface area contributed by atoms with Gasteiger partial charge in [-0.15, -0.1) is 0 Å². The molecule has 3 nitrogen and oxygen atoms in total. The van der Waals surface area contributed by atoms with Gasteiger partial charge in [-0.3, -0.25) is 0 Å². The van der Waals surface area contributed by atoms with Crippen molar-refractivity contribution in [1.82, 2.24) is 0 Å². The highest BCUT2D eigenvalue weighted by Gasteiger charge is 2.11. The van der Waals surface area contributed by atoms with Crippen molar-refractivity contribution in [3.05, 3.63) is 78.4 Å². The fraction of sp³-hybridized carbons (Fsp3) is 0.308. The summed E-state index contributed by atoms with van der Waals surface area (Å²) in [5.74, 6) is 0. The van der Waals surface area contributed by atoms with Crippen LogP contribution in [-0.4, -0.2) is 13.1 Å². The highest BCUT2D eigenvalue weighted by atomic mass is 15.1. The molecule has 4 rings (SSSR count). The van der Waals surface area contributed by atoms with Gasteiger partial charge in [0.2, 0.25) is 0 Å². The lowest BCUT2D eigenvalue weighted by molar-refractivity contribution is 0.795. The molecule has 1 heterocycles. The van der Waals surface area contributed by atoms with E-state index in [2.05, 4.69) is 70.6 Å². The molecule has 0 aromatic heterocycles. The van der Waals surface area contributed by atoms with Crippen molar-refractivity contribution in [2.45, 2.75) is 39.0 Å². The predicted octanol–water partition coefficient (Wildman–Crippen LogP) is 7.71. The van der Waals surface area contributed by atoms with E-state index in [-0.39, 0.29) is 0 Å². The average Bonchev–Trinajstić information content (AvgIpc) is 3.32. The standard InChI is InChI=1S/C26H29N3/c1-2-3-6-21-7-13-24(14-8-21)27-28-25-15-9-22(10-16-25)23-11-17-26(18-12-23)29-19-4-5-20-29/h7-18H,2-6,19-20H2,1H3. The van der Waals surface area contributed by atoms with Crippen molar-refractivity contribution in [3.63, 3.8) is 0 Å². The van der Waals surface area contributed by atoms with E-state index in [9.17, 15) is 0 Å². The van der Waals surface area contributed by atoms with E-state index < -0.39 is 0 Å². The predicted molar refractivity (Wildman–Crippen MR) is 123 cm³/mol. The van der Waals surface area contributed by atoms with Crippen molar-refractivity contribution in [2.24, 2.45) is 10.2 Å². The first-order valence-corrected chi connectivity index (χ1v) is 10.8. The quantitative estimate of drug-likeness (QED) is 0.384. The third-order valence-electron chi connectivity index (χ3n) is 5.58. The van der Waals surface area contributed by atoms with E-state index >= 15 is 0 Å². The Kier molecular flexibility index (Phi) is 6.35. The number of hydrogen-bond donors (Lipinski definition) is 0. The van der Waals surface area contributed by atoms with Gasteiger partial charge < -0.3 is 4.90 Å². The second-order valence-electron chi connectivity index (χ2n) is 7.76. The summed E-state index contributed by atoms with van der Waals surface area (Å²) in [7, 11) is 0. The van der Waals surface area contributed by atoms with Gasteiger partial charge in [0, 0.05) is 18.8 Å². The zero-order chi connectivity index (χ0) is 19.9. The number of aryl methyl sites for hydroxylation is 1. The molecule has 1 aliphatic heterocycles. The van der Waals surface area contributed by atoms with Gasteiger partial charge in [0.15, 0.2) is 0 Å². The lowest BCUT2D eigenvalue weighted by Gasteiger charge is -2.17. The summed E-state index contributed by atoms with van der Waals surface area (Å²) in [6, 6.07) is 25.6. The van der Waals surface area contributed by atoms with Crippen LogP contribution in [-0.2, 0) is 6.42 Å². The number of rotatable bonds is 7. The molecule has 0 saturated carbocycles. The van der Waals surface area contributed by atoms with E-state index in [1.807, 2.05) is 24.3 Å². The molecule has 148 valence electrons. The van der Waals surface area contributed by atoms with Crippen molar-refractivity contribution in [3.8, 4) is 11.1 Å². The molecule has 3 aromatic rings. The summed E-state index contributed by atoms with van der Waals surface area (Å²) in [5.41, 5.74) is 6.91. The van der Waals surface area contributed by atoms with Crippen molar-refractivity contribution in [2.75, 3.05) is 18.0 Å². The van der Waals surface area contributed by atoms with Crippen LogP contribution in [0, 0.1) is 0 Å². The van der Waals surface area contributed by atoms with Crippen LogP contribution in [0.4, 0.5) is 17.1 Å². The lowest BCUT2D eigenvalue weighted by atomic mass is 10.0. The Morgan fingerprint density at radius 2 is 1.21 bits per heavy atom. The number of anilines is 1. The Bertz CT molecular complexity index is 919. The maximum absolute atomic E-state index is 4.39. The number of unbranched alkanes of at least 4 members (excludes halogenated alkanes) is 1. The van der Waals surface area contributed by atoms with E-state index in [0.717, 1.165) is 17.8 Å². The fourth-order valence-corrected chi connectivity index (χ4v) is 3.79. The normalized spacial score (nSPS) is 14.0. The van der Waals surface area contributed by atoms with Gasteiger partial charge in [0.25, 0.3) is 0 Å². The fourth-order valence-electron chi connectivity index (χ4n) is 3.79. The number of hydrogen-bond acceptors (Lipinski definition) is 3. The van der Waals surface area contributed by atoms with E-state index in [1.165, 1.54) is 61.2 Å². The molecule has 29 heavy (non-hydrogen) atoms. The molecule has 0 radical (unpaired) electrons. The third-order valence-corrected chi connectivity index (χ3v) is 5.58. The van der Waals surface area contributed by atoms with Crippen LogP contribution in [0.3, 0.4) is 0 Å². The van der Waals surface area contributed by atoms with Crippen molar-refractivity contribution < 1.29 is 0 Å². The number of azo groups is 1. The first kappa shape index (κ1) is 19.4. The molecule has 0 bridgehead atoms. The van der Waals surface area contributed by atoms with Crippen molar-refractivity contribution >= 4 is 17.1 Å². The van der Waals surface area contributed by atoms with Crippen LogP contribution in [0.1, 0.15) is 38.2 Å². The van der Waals surface area contributed by atoms with Crippen molar-refractivity contribution in [1.29, 1.82) is 0 Å². The van der Waals surface area contributed by atoms with Crippen LogP contribution in [0.15, 0.2) is 83.0 Å². The minimum Gasteiger partial charge on any atom is -0.372 e. The smallest absolute Gasteiger partial charge is 0.0857 e. The van der Waals surface area contributed by atoms with E-state index in [4.69, 9.17) is 0 Å². The second kappa shape index (κ2) is 9.51. The largest absolute Gasteiger partial charge is 0.372 e. The molecule has 1 saturated heterocycles. The maximum Gasteiger partial charge on any atom is 0.0857 e. The Balaban J connectivity index is 1.39. The van der Waals surface area contributed by atoms with Gasteiger partial charge in [-0.05, 0) is 78.8 Å². The third kappa shape index (κ3) is 5.11. The maximum atomic E-state index is 4.39. The molecular weight excluding hydrogens is 354 g/mol. The summed E-state index contributed by atoms with van der Waals surface area (Å²) >= 11 is 0. The number of nitrogens with zero attached hydrogens (tertiary/aromatic N) is 3. The lowest BCUT2D eigenvalue weighted by Crippen LogP contribution is -2.17. The van der Waals surface area contributed by atoms with Gasteiger partial charge in [0.05, 0.1) is 11.4 Å². The molecule has 0 aliphatic carbocycles. The molecule has 1 aliphatic rings. The van der Waals surface area contributed by atoms with Crippen LogP contribution < -0.4 is 4.90 Å². The first-order chi connectivity index (χ1) is 14.3. The summed E-state index contributed by atoms with van der Waals surface area (Å²) < 4.78 is 0. The molecule has 0 amide bonds. The highest BCUT2D eigenvalue weighted by Crippen LogP contribution is 2.27. The highest BCUT2D eigenvalue weighted by molar-refractivity contribution is 5.68. The Morgan fingerprint density at radius 1 is 0.690 bits per heavy atom. The molecule has 0 unspecified atom stereocenters. The molecule has 3 aromatic carbocycles. The Labute approximate surface area is 174 Å². The summed E-state index contributed by atoms with van der Waals surface area (Å²) in [6.45, 7) is 4.58. The minimum absolute atomic E-state index is 0.873. The zero-order valence-electron chi connectivity index (χ0n) is 17.2. The molecule has 3 heteroatoms. The second-order valence-corrected chi connectivity index (χ2v) is 7.76. The SMILES string of the molecule is CCCCc1ccc(N=Nc2ccc(-c3ccc(N4CCCC4)cc3)cc2)cc1. The summed E-state index contributed by atoms with van der Waals surface area (Å²) in [4.78, 5) is 2.46. The molecular formula is C26H29N3. The van der Waals surface area contributed by atoms with E-state index in [0.29, 0.717) is 0 Å². The van der Waals surface area contributed by atoms with Gasteiger partial charge in [-0.25, -0.2) is 0 Å². The monoisotopic (exact) mass is 383 g/mol. The van der Waals surface area contributed by atoms with Gasteiger partial charge >= 0.3 is 0 Å². The Morgan fingerprint density at radius 3 is 1.76 bits per heavy atom.